The van der Waals surface area contributed by atoms with Gasteiger partial charge in [-0.05, 0) is 0 Å². The van der Waals surface area contributed by atoms with Crippen LogP contribution in [0, 0.1) is 0 Å². The molecule has 9 heavy (non-hydrogen) atoms. The summed E-state index contributed by atoms with van der Waals surface area (Å²) in [5.41, 5.74) is 0. The van der Waals surface area contributed by atoms with E-state index in [0.717, 1.165) is 0 Å². The number of hydrogen-bond donors (Lipinski definition) is 1. The monoisotopic (exact) mass is 208 g/mol. The Hall–Kier alpha value is -0.107. The molecule has 0 aliphatic carbocycles. The fourth-order valence-corrected chi connectivity index (χ4v) is 0.508. The molecule has 1 N–H and O–H groups in total. The molecule has 47 valence electrons. The Kier molecular flexibility index (Phi) is 6.14. The second-order valence-electron chi connectivity index (χ2n) is 1.47. The molecule has 1 saturated heterocycles. The maximum atomic E-state index is 10.1. The molecule has 1 aliphatic rings. The Balaban J connectivity index is 0. The van der Waals surface area contributed by atoms with E-state index in [-0.39, 0.29) is 41.3 Å². The van der Waals surface area contributed by atoms with Gasteiger partial charge in [0.1, 0.15) is 0 Å². The van der Waals surface area contributed by atoms with Gasteiger partial charge in [0.25, 0.3) is 0 Å². The van der Waals surface area contributed by atoms with Crippen molar-refractivity contribution in [3.8, 4) is 0 Å². The number of rotatable bonds is 0. The van der Waals surface area contributed by atoms with Crippen LogP contribution in [0.4, 0.5) is 0 Å². The number of amides is 2. The molecule has 0 aromatic heterocycles. The van der Waals surface area contributed by atoms with Gasteiger partial charge in [-0.1, -0.05) is 0 Å². The largest absolute Gasteiger partial charge is 0.296 e. The molecular weight excluding hydrogens is 201 g/mol. The van der Waals surface area contributed by atoms with E-state index in [1.165, 1.54) is 0 Å². The van der Waals surface area contributed by atoms with E-state index < -0.39 is 0 Å². The zero-order chi connectivity index (χ0) is 5.28. The van der Waals surface area contributed by atoms with E-state index in [1.807, 2.05) is 0 Å². The Bertz CT molecular complexity index is 114. The number of carbonyl (C=O) groups is 2. The minimum Gasteiger partial charge on any atom is -0.296 e. The minimum atomic E-state index is -0.148. The van der Waals surface area contributed by atoms with Gasteiger partial charge in [-0.2, -0.15) is 0 Å². The third kappa shape index (κ3) is 3.47. The summed E-state index contributed by atoms with van der Waals surface area (Å²) in [6.45, 7) is 0. The molecule has 0 spiro atoms. The Morgan fingerprint density at radius 1 is 1.11 bits per heavy atom. The van der Waals surface area contributed by atoms with Crippen LogP contribution in [-0.4, -0.2) is 20.2 Å². The van der Waals surface area contributed by atoms with E-state index in [4.69, 9.17) is 0 Å². The van der Waals surface area contributed by atoms with Crippen molar-refractivity contribution in [1.29, 1.82) is 0 Å². The molecule has 0 saturated carbocycles. The van der Waals surface area contributed by atoms with Crippen LogP contribution in [0.25, 0.3) is 0 Å². The fraction of sp³-hybridized carbons (Fsp3) is 0.500. The Morgan fingerprint density at radius 3 is 1.56 bits per heavy atom. The van der Waals surface area contributed by atoms with Crippen molar-refractivity contribution in [2.45, 2.75) is 12.8 Å². The van der Waals surface area contributed by atoms with Crippen molar-refractivity contribution in [2.24, 2.45) is 0 Å². The van der Waals surface area contributed by atoms with Crippen molar-refractivity contribution in [3.63, 3.8) is 0 Å². The quantitative estimate of drug-likeness (QED) is 0.409. The number of imide groups is 1. The summed E-state index contributed by atoms with van der Waals surface area (Å²) in [4.78, 5) is 20.2. The summed E-state index contributed by atoms with van der Waals surface area (Å²) in [5, 5.41) is 2.14. The normalized spacial score (nSPS) is 15.6. The van der Waals surface area contributed by atoms with E-state index in [2.05, 4.69) is 5.32 Å². The average molecular weight is 206 g/mol. The van der Waals surface area contributed by atoms with Crippen LogP contribution < -0.4 is 5.32 Å². The minimum absolute atomic E-state index is 0. The molecule has 3 nitrogen and oxygen atoms in total. The molecule has 0 aromatic carbocycles. The average Bonchev–Trinajstić information content (AvgIpc) is 1.87. The van der Waals surface area contributed by atoms with Crippen LogP contribution >= 0.6 is 0 Å². The topological polar surface area (TPSA) is 46.2 Å². The number of nitrogens with one attached hydrogen (secondary N) is 1. The van der Waals surface area contributed by atoms with Gasteiger partial charge in [-0.15, -0.1) is 0 Å². The molecular formula is C4H5BMoNO2. The first-order chi connectivity index (χ1) is 3.29. The van der Waals surface area contributed by atoms with Crippen LogP contribution in [0.15, 0.2) is 0 Å². The maximum Gasteiger partial charge on any atom is 0.227 e. The van der Waals surface area contributed by atoms with Gasteiger partial charge in [0, 0.05) is 42.3 Å². The molecule has 3 radical (unpaired) electrons. The molecule has 1 heterocycles. The van der Waals surface area contributed by atoms with Crippen molar-refractivity contribution in [3.05, 3.63) is 0 Å². The van der Waals surface area contributed by atoms with Crippen molar-refractivity contribution < 1.29 is 30.7 Å². The smallest absolute Gasteiger partial charge is 0.227 e. The fourth-order valence-electron chi connectivity index (χ4n) is 0.508. The van der Waals surface area contributed by atoms with Gasteiger partial charge in [0.05, 0.1) is 0 Å². The predicted molar refractivity (Wildman–Crippen MR) is 28.1 cm³/mol. The Labute approximate surface area is 69.4 Å². The molecule has 0 aromatic rings. The van der Waals surface area contributed by atoms with Crippen LogP contribution in [0.2, 0.25) is 0 Å². The first-order valence-electron chi connectivity index (χ1n) is 2.12. The van der Waals surface area contributed by atoms with Crippen LogP contribution in [0.5, 0.6) is 0 Å². The summed E-state index contributed by atoms with van der Waals surface area (Å²) < 4.78 is 0. The number of carbonyl (C=O) groups excluding carboxylic acids is 2. The predicted octanol–water partition coefficient (Wildman–Crippen LogP) is -0.960. The summed E-state index contributed by atoms with van der Waals surface area (Å²) in [5.74, 6) is -0.296. The van der Waals surface area contributed by atoms with Crippen LogP contribution in [0.1, 0.15) is 12.8 Å². The van der Waals surface area contributed by atoms with Gasteiger partial charge in [-0.25, -0.2) is 0 Å². The zero-order valence-corrected chi connectivity index (χ0v) is 6.72. The summed E-state index contributed by atoms with van der Waals surface area (Å²) in [7, 11) is 0. The van der Waals surface area contributed by atoms with Gasteiger partial charge < -0.3 is 0 Å². The van der Waals surface area contributed by atoms with Crippen molar-refractivity contribution >= 4 is 20.2 Å². The third-order valence-corrected chi connectivity index (χ3v) is 0.858. The summed E-state index contributed by atoms with van der Waals surface area (Å²) in [6, 6.07) is 0. The zero-order valence-electron chi connectivity index (χ0n) is 4.72. The summed E-state index contributed by atoms with van der Waals surface area (Å²) >= 11 is 0. The standard InChI is InChI=1S/C4H5NO2.B.Mo/c6-3-1-2-4(7)5-3;;/h1-2H2,(H,5,6,7);;. The first kappa shape index (κ1) is 11.7. The van der Waals surface area contributed by atoms with Crippen molar-refractivity contribution in [2.75, 3.05) is 0 Å². The SMILES string of the molecule is O=C1CCC(=O)N1.[B].[Mo]. The molecule has 0 bridgehead atoms. The van der Waals surface area contributed by atoms with Crippen LogP contribution in [-0.2, 0) is 30.7 Å². The van der Waals surface area contributed by atoms with E-state index in [0.29, 0.717) is 12.8 Å². The molecule has 1 fully saturated rings. The molecule has 0 unspecified atom stereocenters. The van der Waals surface area contributed by atoms with Gasteiger partial charge in [0.2, 0.25) is 11.8 Å². The van der Waals surface area contributed by atoms with Gasteiger partial charge in [-0.3, -0.25) is 14.9 Å². The number of hydrogen-bond acceptors (Lipinski definition) is 2. The summed E-state index contributed by atoms with van der Waals surface area (Å²) in [6.07, 6.45) is 0.748. The molecule has 2 amide bonds. The molecule has 1 aliphatic heterocycles. The van der Waals surface area contributed by atoms with Gasteiger partial charge >= 0.3 is 0 Å². The first-order valence-corrected chi connectivity index (χ1v) is 2.12. The molecule has 0 atom stereocenters. The molecule has 1 rings (SSSR count). The second-order valence-corrected chi connectivity index (χ2v) is 1.47. The van der Waals surface area contributed by atoms with Crippen LogP contribution in [0.3, 0.4) is 0 Å². The van der Waals surface area contributed by atoms with Crippen molar-refractivity contribution in [1.82, 2.24) is 5.32 Å². The van der Waals surface area contributed by atoms with Gasteiger partial charge in [0.15, 0.2) is 0 Å². The van der Waals surface area contributed by atoms with E-state index in [1.54, 1.807) is 0 Å². The van der Waals surface area contributed by atoms with E-state index in [9.17, 15) is 9.59 Å². The molecule has 5 heteroatoms. The van der Waals surface area contributed by atoms with E-state index >= 15 is 0 Å². The third-order valence-electron chi connectivity index (χ3n) is 0.858. The maximum absolute atomic E-state index is 10.1. The second kappa shape index (κ2) is 4.74. The Morgan fingerprint density at radius 2 is 1.44 bits per heavy atom.